The first-order valence-electron chi connectivity index (χ1n) is 3.88. The van der Waals surface area contributed by atoms with Crippen LogP contribution in [-0.4, -0.2) is 11.1 Å². The Morgan fingerprint density at radius 3 is 2.71 bits per heavy atom. The van der Waals surface area contributed by atoms with E-state index in [0.29, 0.717) is 0 Å². The molecule has 0 atom stereocenters. The molecule has 0 unspecified atom stereocenters. The van der Waals surface area contributed by atoms with E-state index in [1.54, 1.807) is 0 Å². The van der Waals surface area contributed by atoms with E-state index in [9.17, 15) is 4.79 Å². The summed E-state index contributed by atoms with van der Waals surface area (Å²) in [7, 11) is 0. The van der Waals surface area contributed by atoms with Crippen LogP contribution in [0.1, 0.15) is 31.6 Å². The Balaban J connectivity index is 4.25. The molecule has 0 aliphatic heterocycles. The van der Waals surface area contributed by atoms with Crippen molar-refractivity contribution in [3.05, 3.63) is 0 Å². The maximum absolute atomic E-state index is 10.2. The summed E-state index contributed by atoms with van der Waals surface area (Å²) in [5.74, 6) is -1.62. The molecule has 0 aromatic carbocycles. The lowest BCUT2D eigenvalue weighted by molar-refractivity contribution is -0.137. The summed E-state index contributed by atoms with van der Waals surface area (Å²) in [6.07, 6.45) is -4.89. The number of carboxylic acid groups (broad SMARTS) is 1. The van der Waals surface area contributed by atoms with Gasteiger partial charge in [0.15, 0.2) is 0 Å². The first-order chi connectivity index (χ1) is 4.65. The molecular weight excluding hydrogens is 92.1 g/mol. The highest BCUT2D eigenvalue weighted by molar-refractivity contribution is 5.66. The monoisotopic (exact) mass is 106 g/mol. The molecule has 2 heteroatoms. The van der Waals surface area contributed by atoms with Crippen LogP contribution in [0.2, 0.25) is 0 Å². The summed E-state index contributed by atoms with van der Waals surface area (Å²) < 4.78 is 27.6. The number of carbonyl (C=O) groups is 1. The molecule has 2 nitrogen and oxygen atoms in total. The van der Waals surface area contributed by atoms with Gasteiger partial charge in [0, 0.05) is 11.9 Å². The van der Waals surface area contributed by atoms with E-state index in [0.717, 1.165) is 6.92 Å². The van der Waals surface area contributed by atoms with Crippen LogP contribution in [0.25, 0.3) is 0 Å². The predicted octanol–water partition coefficient (Wildman–Crippen LogP) is 1.26. The van der Waals surface area contributed by atoms with Crippen molar-refractivity contribution in [1.29, 1.82) is 0 Å². The van der Waals surface area contributed by atoms with E-state index in [1.165, 1.54) is 0 Å². The molecular formula is C5H10O2. The fourth-order valence-electron chi connectivity index (χ4n) is 0.164. The van der Waals surface area contributed by atoms with Gasteiger partial charge in [0.2, 0.25) is 0 Å². The van der Waals surface area contributed by atoms with Crippen molar-refractivity contribution in [2.45, 2.75) is 26.1 Å². The number of hydrogen-bond donors (Lipinski definition) is 1. The average Bonchev–Trinajstić information content (AvgIpc) is 1.56. The molecule has 0 aromatic heterocycles. The summed E-state index contributed by atoms with van der Waals surface area (Å²) in [6.45, 7) is 1.15. The van der Waals surface area contributed by atoms with Crippen LogP contribution in [0.3, 0.4) is 0 Å². The quantitative estimate of drug-likeness (QED) is 0.588. The second-order valence-electron chi connectivity index (χ2n) is 1.01. The van der Waals surface area contributed by atoms with Crippen LogP contribution < -0.4 is 0 Å². The highest BCUT2D eigenvalue weighted by Crippen LogP contribution is 1.91. The molecule has 7 heavy (non-hydrogen) atoms. The van der Waals surface area contributed by atoms with Gasteiger partial charge in [-0.3, -0.25) is 4.79 Å². The molecule has 0 radical (unpaired) electrons. The first kappa shape index (κ1) is 2.16. The fraction of sp³-hybridized carbons (Fsp3) is 0.800. The molecule has 42 valence electrons. The maximum atomic E-state index is 10.2. The molecule has 0 fully saturated rings. The van der Waals surface area contributed by atoms with Crippen LogP contribution >= 0.6 is 0 Å². The van der Waals surface area contributed by atoms with E-state index in [-0.39, 0.29) is 0 Å². The summed E-state index contributed by atoms with van der Waals surface area (Å²) in [4.78, 5) is 10.2. The van der Waals surface area contributed by atoms with Crippen molar-refractivity contribution in [2.24, 2.45) is 0 Å². The third-order valence-corrected chi connectivity index (χ3v) is 0.416. The molecule has 1 N–H and O–H groups in total. The van der Waals surface area contributed by atoms with E-state index in [2.05, 4.69) is 0 Å². The largest absolute Gasteiger partial charge is 0.481 e. The van der Waals surface area contributed by atoms with Crippen molar-refractivity contribution in [3.63, 3.8) is 0 Å². The van der Waals surface area contributed by atoms with Gasteiger partial charge in [0.05, 0.1) is 0 Å². The molecule has 0 aliphatic rings. The lowest BCUT2D eigenvalue weighted by atomic mass is 10.3. The van der Waals surface area contributed by atoms with Crippen LogP contribution in [0.15, 0.2) is 0 Å². The molecule has 0 heterocycles. The van der Waals surface area contributed by atoms with Gasteiger partial charge in [0.1, 0.15) is 0 Å². The van der Waals surface area contributed by atoms with Crippen LogP contribution in [0.4, 0.5) is 0 Å². The zero-order valence-electron chi connectivity index (χ0n) is 8.06. The van der Waals surface area contributed by atoms with Crippen LogP contribution in [-0.2, 0) is 4.79 Å². The Morgan fingerprint density at radius 1 is 2.00 bits per heavy atom. The topological polar surface area (TPSA) is 37.3 Å². The predicted molar refractivity (Wildman–Crippen MR) is 27.2 cm³/mol. The van der Waals surface area contributed by atoms with Gasteiger partial charge < -0.3 is 5.11 Å². The Bertz CT molecular complexity index is 160. The Hall–Kier alpha value is -0.530. The minimum absolute atomic E-state index is 0.630. The Labute approximate surface area is 48.8 Å². The van der Waals surface area contributed by atoms with Gasteiger partial charge in [-0.2, -0.15) is 0 Å². The molecule has 0 bridgehead atoms. The molecule has 0 saturated heterocycles. The van der Waals surface area contributed by atoms with Gasteiger partial charge in [0.25, 0.3) is 0 Å². The molecule has 0 spiro atoms. The first-order valence-corrected chi connectivity index (χ1v) is 1.88. The Kier molecular flexibility index (Phi) is 1.13. The van der Waals surface area contributed by atoms with E-state index in [4.69, 9.17) is 10.6 Å². The minimum atomic E-state index is -2.47. The second-order valence-corrected chi connectivity index (χ2v) is 1.01. The van der Waals surface area contributed by atoms with Crippen molar-refractivity contribution < 1.29 is 15.4 Å². The van der Waals surface area contributed by atoms with Gasteiger partial charge in [-0.15, -0.1) is 0 Å². The molecule has 0 aliphatic carbocycles. The SMILES string of the molecule is [2H]C([2H])(C)CC([2H])([2H])C(=O)O. The van der Waals surface area contributed by atoms with Gasteiger partial charge in [-0.1, -0.05) is 13.3 Å². The molecule has 0 rings (SSSR count). The second kappa shape index (κ2) is 3.65. The van der Waals surface area contributed by atoms with Gasteiger partial charge >= 0.3 is 5.97 Å². The van der Waals surface area contributed by atoms with E-state index < -0.39 is 25.1 Å². The molecule has 0 amide bonds. The third kappa shape index (κ3) is 5.47. The lowest BCUT2D eigenvalue weighted by Crippen LogP contribution is -1.91. The van der Waals surface area contributed by atoms with Gasteiger partial charge in [-0.05, 0) is 6.42 Å². The zero-order chi connectivity index (χ0) is 9.28. The smallest absolute Gasteiger partial charge is 0.303 e. The minimum Gasteiger partial charge on any atom is -0.481 e. The number of carboxylic acids is 1. The lowest BCUT2D eigenvalue weighted by Gasteiger charge is -1.85. The van der Waals surface area contributed by atoms with Crippen LogP contribution in [0.5, 0.6) is 0 Å². The van der Waals surface area contributed by atoms with Crippen molar-refractivity contribution >= 4 is 5.97 Å². The highest BCUT2D eigenvalue weighted by atomic mass is 16.4. The standard InChI is InChI=1S/C5H10O2/c1-2-3-4-5(6)7/h2-4H2,1H3,(H,6,7)/i2D2,4D2. The molecule has 0 saturated carbocycles. The maximum Gasteiger partial charge on any atom is 0.303 e. The van der Waals surface area contributed by atoms with Crippen molar-refractivity contribution in [3.8, 4) is 0 Å². The van der Waals surface area contributed by atoms with Gasteiger partial charge in [-0.25, -0.2) is 0 Å². The number of rotatable bonds is 3. The van der Waals surface area contributed by atoms with E-state index in [1.807, 2.05) is 0 Å². The fourth-order valence-corrected chi connectivity index (χ4v) is 0.164. The van der Waals surface area contributed by atoms with Crippen LogP contribution in [0, 0.1) is 0 Å². The third-order valence-electron chi connectivity index (χ3n) is 0.416. The highest BCUT2D eigenvalue weighted by Gasteiger charge is 1.90. The Morgan fingerprint density at radius 2 is 2.57 bits per heavy atom. The average molecular weight is 106 g/mol. The zero-order valence-corrected chi connectivity index (χ0v) is 4.06. The summed E-state index contributed by atoms with van der Waals surface area (Å²) in [6, 6.07) is 0. The van der Waals surface area contributed by atoms with Crippen molar-refractivity contribution in [2.75, 3.05) is 0 Å². The van der Waals surface area contributed by atoms with Crippen molar-refractivity contribution in [1.82, 2.24) is 0 Å². The van der Waals surface area contributed by atoms with E-state index >= 15 is 0 Å². The summed E-state index contributed by atoms with van der Waals surface area (Å²) >= 11 is 0. The summed E-state index contributed by atoms with van der Waals surface area (Å²) in [5.41, 5.74) is 0. The molecule has 0 aromatic rings. The number of hydrogen-bond acceptors (Lipinski definition) is 1. The normalized spacial score (nSPS) is 21.3. The number of aliphatic carboxylic acids is 1. The summed E-state index contributed by atoms with van der Waals surface area (Å²) in [5, 5.41) is 8.26.